The Bertz CT molecular complexity index is 524. The summed E-state index contributed by atoms with van der Waals surface area (Å²) in [5, 5.41) is 22.9. The van der Waals surface area contributed by atoms with Crippen LogP contribution in [0.4, 0.5) is 11.4 Å². The second kappa shape index (κ2) is 6.53. The molecule has 19 heavy (non-hydrogen) atoms. The van der Waals surface area contributed by atoms with Gasteiger partial charge in [0.25, 0.3) is 5.69 Å². The number of hydrogen-bond acceptors (Lipinski definition) is 4. The number of nitrogens with one attached hydrogen (secondary N) is 1. The van der Waals surface area contributed by atoms with Gasteiger partial charge in [-0.05, 0) is 26.3 Å². The first kappa shape index (κ1) is 14.7. The molecule has 6 nitrogen and oxygen atoms in total. The number of allylic oxidation sites excluding steroid dienone is 1. The summed E-state index contributed by atoms with van der Waals surface area (Å²) in [6, 6.07) is 2.50. The molecule has 0 fully saturated rings. The highest BCUT2D eigenvalue weighted by atomic mass is 16.6. The van der Waals surface area contributed by atoms with Crippen LogP contribution in [0.15, 0.2) is 24.3 Å². The molecule has 6 heteroatoms. The van der Waals surface area contributed by atoms with E-state index in [2.05, 4.69) is 5.32 Å². The van der Waals surface area contributed by atoms with Crippen LogP contribution in [-0.2, 0) is 0 Å². The number of benzene rings is 1. The van der Waals surface area contributed by atoms with Crippen molar-refractivity contribution in [1.29, 1.82) is 0 Å². The maximum atomic E-state index is 11.0. The molecule has 0 amide bonds. The lowest BCUT2D eigenvalue weighted by Crippen LogP contribution is -2.07. The van der Waals surface area contributed by atoms with E-state index in [4.69, 9.17) is 5.11 Å². The largest absolute Gasteiger partial charge is 0.478 e. The summed E-state index contributed by atoms with van der Waals surface area (Å²) in [7, 11) is 0. The molecule has 0 saturated heterocycles. The van der Waals surface area contributed by atoms with Gasteiger partial charge in [-0.1, -0.05) is 12.2 Å². The van der Waals surface area contributed by atoms with Crippen molar-refractivity contribution in [3.05, 3.63) is 45.5 Å². The van der Waals surface area contributed by atoms with Crippen LogP contribution in [0.2, 0.25) is 0 Å². The molecule has 0 bridgehead atoms. The summed E-state index contributed by atoms with van der Waals surface area (Å²) in [6.07, 6.45) is 4.63. The fourth-order valence-electron chi connectivity index (χ4n) is 1.65. The number of nitro groups is 1. The highest BCUT2D eigenvalue weighted by Crippen LogP contribution is 2.27. The SMILES string of the molecule is C/C=C/CCNc1cc(C(=O)O)cc([N+](=O)[O-])c1C. The summed E-state index contributed by atoms with van der Waals surface area (Å²) in [5.74, 6) is -1.18. The molecule has 0 aliphatic heterocycles. The Morgan fingerprint density at radius 3 is 2.74 bits per heavy atom. The average molecular weight is 264 g/mol. The number of nitro benzene ring substituents is 1. The van der Waals surface area contributed by atoms with Gasteiger partial charge in [-0.15, -0.1) is 0 Å². The van der Waals surface area contributed by atoms with E-state index in [1.807, 2.05) is 19.1 Å². The lowest BCUT2D eigenvalue weighted by atomic mass is 10.1. The maximum Gasteiger partial charge on any atom is 0.336 e. The zero-order valence-electron chi connectivity index (χ0n) is 10.8. The minimum absolute atomic E-state index is 0.0918. The lowest BCUT2D eigenvalue weighted by molar-refractivity contribution is -0.385. The summed E-state index contributed by atoms with van der Waals surface area (Å²) >= 11 is 0. The molecular formula is C13H16N2O4. The topological polar surface area (TPSA) is 92.5 Å². The number of rotatable bonds is 6. The van der Waals surface area contributed by atoms with Gasteiger partial charge in [0.2, 0.25) is 0 Å². The number of hydrogen-bond donors (Lipinski definition) is 2. The fraction of sp³-hybridized carbons (Fsp3) is 0.308. The number of carbonyl (C=O) groups is 1. The third-order valence-electron chi connectivity index (χ3n) is 2.69. The summed E-state index contributed by atoms with van der Waals surface area (Å²) in [6.45, 7) is 4.09. The van der Waals surface area contributed by atoms with Crippen molar-refractivity contribution < 1.29 is 14.8 Å². The molecule has 0 radical (unpaired) electrons. The van der Waals surface area contributed by atoms with E-state index in [9.17, 15) is 14.9 Å². The van der Waals surface area contributed by atoms with Gasteiger partial charge in [0, 0.05) is 23.9 Å². The van der Waals surface area contributed by atoms with Crippen LogP contribution in [0.25, 0.3) is 0 Å². The molecule has 102 valence electrons. The molecule has 0 aliphatic carbocycles. The van der Waals surface area contributed by atoms with E-state index in [1.165, 1.54) is 6.07 Å². The van der Waals surface area contributed by atoms with Crippen molar-refractivity contribution in [2.45, 2.75) is 20.3 Å². The number of nitrogens with zero attached hydrogens (tertiary/aromatic N) is 1. The number of carboxylic acid groups (broad SMARTS) is 1. The smallest absolute Gasteiger partial charge is 0.336 e. The Kier molecular flexibility index (Phi) is 5.05. The second-order valence-electron chi connectivity index (χ2n) is 4.01. The van der Waals surface area contributed by atoms with Gasteiger partial charge in [-0.2, -0.15) is 0 Å². The number of carboxylic acids is 1. The molecule has 0 spiro atoms. The van der Waals surface area contributed by atoms with Gasteiger partial charge in [0.15, 0.2) is 0 Å². The van der Waals surface area contributed by atoms with Gasteiger partial charge in [0.1, 0.15) is 0 Å². The van der Waals surface area contributed by atoms with Crippen LogP contribution in [0.3, 0.4) is 0 Å². The van der Waals surface area contributed by atoms with Crippen LogP contribution < -0.4 is 5.32 Å². The van der Waals surface area contributed by atoms with Crippen LogP contribution >= 0.6 is 0 Å². The van der Waals surface area contributed by atoms with Crippen LogP contribution in [0, 0.1) is 17.0 Å². The molecule has 1 aromatic rings. The molecule has 0 saturated carbocycles. The predicted molar refractivity (Wildman–Crippen MR) is 72.7 cm³/mol. The molecule has 1 aromatic carbocycles. The molecule has 0 atom stereocenters. The highest BCUT2D eigenvalue weighted by Gasteiger charge is 2.18. The van der Waals surface area contributed by atoms with E-state index in [1.54, 1.807) is 6.92 Å². The predicted octanol–water partition coefficient (Wildman–Crippen LogP) is 2.98. The minimum atomic E-state index is -1.18. The molecule has 0 aliphatic rings. The standard InChI is InChI=1S/C13H16N2O4/c1-3-4-5-6-14-11-7-10(13(16)17)8-12(9(11)2)15(18)19/h3-4,7-8,14H,5-6H2,1-2H3,(H,16,17)/b4-3+. The first-order valence-corrected chi connectivity index (χ1v) is 5.84. The third kappa shape index (κ3) is 3.80. The zero-order chi connectivity index (χ0) is 14.4. The van der Waals surface area contributed by atoms with Crippen molar-refractivity contribution >= 4 is 17.3 Å². The first-order chi connectivity index (χ1) is 8.97. The van der Waals surface area contributed by atoms with Gasteiger partial charge in [0.05, 0.1) is 10.5 Å². The van der Waals surface area contributed by atoms with Crippen LogP contribution in [-0.4, -0.2) is 22.5 Å². The van der Waals surface area contributed by atoms with Crippen molar-refractivity contribution in [3.8, 4) is 0 Å². The third-order valence-corrected chi connectivity index (χ3v) is 2.69. The molecule has 1 rings (SSSR count). The van der Waals surface area contributed by atoms with E-state index in [-0.39, 0.29) is 11.3 Å². The van der Waals surface area contributed by atoms with Crippen molar-refractivity contribution in [2.24, 2.45) is 0 Å². The lowest BCUT2D eigenvalue weighted by Gasteiger charge is -2.10. The van der Waals surface area contributed by atoms with Gasteiger partial charge >= 0.3 is 5.97 Å². The highest BCUT2D eigenvalue weighted by molar-refractivity contribution is 5.90. The average Bonchev–Trinajstić information content (AvgIpc) is 2.35. The van der Waals surface area contributed by atoms with E-state index in [0.29, 0.717) is 17.8 Å². The van der Waals surface area contributed by atoms with Gasteiger partial charge in [-0.25, -0.2) is 4.79 Å². The summed E-state index contributed by atoms with van der Waals surface area (Å²) in [4.78, 5) is 21.3. The van der Waals surface area contributed by atoms with Crippen molar-refractivity contribution in [1.82, 2.24) is 0 Å². The van der Waals surface area contributed by atoms with Crippen LogP contribution in [0.1, 0.15) is 29.3 Å². The first-order valence-electron chi connectivity index (χ1n) is 5.84. The summed E-state index contributed by atoms with van der Waals surface area (Å²) < 4.78 is 0. The Balaban J connectivity index is 3.07. The summed E-state index contributed by atoms with van der Waals surface area (Å²) in [5.41, 5.74) is 0.644. The second-order valence-corrected chi connectivity index (χ2v) is 4.01. The van der Waals surface area contributed by atoms with E-state index >= 15 is 0 Å². The fourth-order valence-corrected chi connectivity index (χ4v) is 1.65. The normalized spacial score (nSPS) is 10.6. The Labute approximate surface area is 110 Å². The van der Waals surface area contributed by atoms with Crippen molar-refractivity contribution in [2.75, 3.05) is 11.9 Å². The molecule has 0 unspecified atom stereocenters. The van der Waals surface area contributed by atoms with Gasteiger partial charge < -0.3 is 10.4 Å². The monoisotopic (exact) mass is 264 g/mol. The molecule has 2 N–H and O–H groups in total. The quantitative estimate of drug-likeness (QED) is 0.356. The van der Waals surface area contributed by atoms with E-state index < -0.39 is 10.9 Å². The minimum Gasteiger partial charge on any atom is -0.478 e. The van der Waals surface area contributed by atoms with Gasteiger partial charge in [-0.3, -0.25) is 10.1 Å². The van der Waals surface area contributed by atoms with Crippen molar-refractivity contribution in [3.63, 3.8) is 0 Å². The maximum absolute atomic E-state index is 11.0. The number of aromatic carboxylic acids is 1. The number of anilines is 1. The molecular weight excluding hydrogens is 248 g/mol. The molecule has 0 aromatic heterocycles. The zero-order valence-corrected chi connectivity index (χ0v) is 10.8. The Morgan fingerprint density at radius 1 is 1.53 bits per heavy atom. The Morgan fingerprint density at radius 2 is 2.21 bits per heavy atom. The van der Waals surface area contributed by atoms with E-state index in [0.717, 1.165) is 12.5 Å². The Hall–Kier alpha value is -2.37. The van der Waals surface area contributed by atoms with Crippen LogP contribution in [0.5, 0.6) is 0 Å². The molecule has 0 heterocycles.